The molecule has 3 amide bonds. The summed E-state index contributed by atoms with van der Waals surface area (Å²) in [4.78, 5) is 42.7. The number of likely N-dealkylation sites (tertiary alicyclic amines) is 2. The minimum Gasteiger partial charge on any atom is -0.497 e. The van der Waals surface area contributed by atoms with Gasteiger partial charge in [-0.25, -0.2) is 4.39 Å². The van der Waals surface area contributed by atoms with Crippen LogP contribution in [0.25, 0.3) is 0 Å². The van der Waals surface area contributed by atoms with E-state index in [1.807, 2.05) is 4.90 Å². The van der Waals surface area contributed by atoms with Gasteiger partial charge in [0.1, 0.15) is 17.6 Å². The summed E-state index contributed by atoms with van der Waals surface area (Å²) in [7, 11) is 1.54. The summed E-state index contributed by atoms with van der Waals surface area (Å²) < 4.78 is 18.8. The Morgan fingerprint density at radius 2 is 1.62 bits per heavy atom. The first-order valence-corrected chi connectivity index (χ1v) is 11.7. The number of hydrogen-bond donors (Lipinski definition) is 1. The predicted octanol–water partition coefficient (Wildman–Crippen LogP) is 3.11. The highest BCUT2D eigenvalue weighted by Crippen LogP contribution is 2.25. The van der Waals surface area contributed by atoms with E-state index in [1.54, 1.807) is 35.2 Å². The number of nitrogens with zero attached hydrogens (tertiary/aromatic N) is 2. The smallest absolute Gasteiger partial charge is 0.253 e. The van der Waals surface area contributed by atoms with E-state index in [-0.39, 0.29) is 23.6 Å². The summed E-state index contributed by atoms with van der Waals surface area (Å²) in [5, 5.41) is 2.98. The molecule has 34 heavy (non-hydrogen) atoms. The second-order valence-corrected chi connectivity index (χ2v) is 8.86. The molecule has 0 aromatic heterocycles. The lowest BCUT2D eigenvalue weighted by Gasteiger charge is -2.37. The van der Waals surface area contributed by atoms with Crippen LogP contribution in [0.2, 0.25) is 0 Å². The monoisotopic (exact) mass is 467 g/mol. The topological polar surface area (TPSA) is 79.0 Å². The van der Waals surface area contributed by atoms with Crippen LogP contribution in [0.1, 0.15) is 46.4 Å². The van der Waals surface area contributed by atoms with Crippen molar-refractivity contribution in [1.29, 1.82) is 0 Å². The Labute approximate surface area is 198 Å². The molecule has 2 aromatic rings. The van der Waals surface area contributed by atoms with E-state index in [1.165, 1.54) is 25.3 Å². The van der Waals surface area contributed by atoms with Crippen molar-refractivity contribution in [3.63, 3.8) is 0 Å². The fourth-order valence-corrected chi connectivity index (χ4v) is 4.74. The second-order valence-electron chi connectivity index (χ2n) is 8.86. The van der Waals surface area contributed by atoms with Gasteiger partial charge in [-0.2, -0.15) is 0 Å². The minimum atomic E-state index is -0.664. The highest BCUT2D eigenvalue weighted by Gasteiger charge is 2.37. The van der Waals surface area contributed by atoms with Gasteiger partial charge in [0, 0.05) is 37.3 Å². The molecule has 2 aliphatic heterocycles. The molecule has 0 saturated carbocycles. The van der Waals surface area contributed by atoms with Crippen molar-refractivity contribution in [1.82, 2.24) is 15.1 Å². The minimum absolute atomic E-state index is 0.0661. The molecule has 0 radical (unpaired) electrons. The standard InChI is InChI=1S/C26H30FN3O4/c1-34-22-9-5-6-19(17-22)24(31)28-23(26(33)29-12-2-3-13-29)18-10-14-30(15-11-18)25(32)20-7-4-8-21(27)16-20/h4-9,16-18,23H,2-3,10-15H2,1H3,(H,28,31)/t23-/m1/s1. The maximum Gasteiger partial charge on any atom is 0.253 e. The third-order valence-electron chi connectivity index (χ3n) is 6.67. The van der Waals surface area contributed by atoms with Gasteiger partial charge in [0.05, 0.1) is 7.11 Å². The van der Waals surface area contributed by atoms with Crippen LogP contribution in [0.3, 0.4) is 0 Å². The Hall–Kier alpha value is -3.42. The van der Waals surface area contributed by atoms with E-state index in [2.05, 4.69) is 5.32 Å². The fraction of sp³-hybridized carbons (Fsp3) is 0.423. The molecule has 1 atom stereocenters. The summed E-state index contributed by atoms with van der Waals surface area (Å²) in [6, 6.07) is 11.8. The van der Waals surface area contributed by atoms with E-state index < -0.39 is 11.9 Å². The molecule has 4 rings (SSSR count). The normalized spacial score (nSPS) is 17.4. The fourth-order valence-electron chi connectivity index (χ4n) is 4.74. The average molecular weight is 468 g/mol. The molecule has 2 aliphatic rings. The Bertz CT molecular complexity index is 1050. The van der Waals surface area contributed by atoms with Crippen molar-refractivity contribution >= 4 is 17.7 Å². The van der Waals surface area contributed by atoms with Crippen molar-refractivity contribution in [2.75, 3.05) is 33.3 Å². The van der Waals surface area contributed by atoms with Gasteiger partial charge in [-0.05, 0) is 68.0 Å². The lowest BCUT2D eigenvalue weighted by molar-refractivity contribution is -0.134. The number of nitrogens with one attached hydrogen (secondary N) is 1. The Balaban J connectivity index is 1.46. The molecule has 7 nitrogen and oxygen atoms in total. The van der Waals surface area contributed by atoms with Crippen LogP contribution in [-0.2, 0) is 4.79 Å². The van der Waals surface area contributed by atoms with Crippen LogP contribution in [-0.4, -0.2) is 66.9 Å². The number of amides is 3. The Morgan fingerprint density at radius 3 is 2.29 bits per heavy atom. The van der Waals surface area contributed by atoms with Crippen LogP contribution < -0.4 is 10.1 Å². The van der Waals surface area contributed by atoms with Crippen molar-refractivity contribution in [2.24, 2.45) is 5.92 Å². The quantitative estimate of drug-likeness (QED) is 0.708. The summed E-state index contributed by atoms with van der Waals surface area (Å²) >= 11 is 0. The first-order valence-electron chi connectivity index (χ1n) is 11.7. The van der Waals surface area contributed by atoms with Gasteiger partial charge in [0.25, 0.3) is 11.8 Å². The largest absolute Gasteiger partial charge is 0.497 e. The molecule has 2 aromatic carbocycles. The number of rotatable bonds is 6. The molecule has 0 aliphatic carbocycles. The van der Waals surface area contributed by atoms with E-state index in [9.17, 15) is 18.8 Å². The number of benzene rings is 2. The van der Waals surface area contributed by atoms with Crippen LogP contribution in [0.5, 0.6) is 5.75 Å². The molecule has 2 saturated heterocycles. The molecule has 8 heteroatoms. The van der Waals surface area contributed by atoms with Crippen LogP contribution in [0.15, 0.2) is 48.5 Å². The van der Waals surface area contributed by atoms with Gasteiger partial charge >= 0.3 is 0 Å². The first kappa shape index (κ1) is 23.7. The molecule has 2 heterocycles. The number of piperidine rings is 1. The van der Waals surface area contributed by atoms with Crippen LogP contribution >= 0.6 is 0 Å². The van der Waals surface area contributed by atoms with Gasteiger partial charge in [0.2, 0.25) is 5.91 Å². The zero-order valence-corrected chi connectivity index (χ0v) is 19.3. The zero-order valence-electron chi connectivity index (χ0n) is 19.3. The number of hydrogen-bond acceptors (Lipinski definition) is 4. The van der Waals surface area contributed by atoms with Gasteiger partial charge < -0.3 is 19.9 Å². The summed E-state index contributed by atoms with van der Waals surface area (Å²) in [5.74, 6) is -0.588. The Kier molecular flexibility index (Phi) is 7.45. The number of halogens is 1. The van der Waals surface area contributed by atoms with Crippen LogP contribution in [0, 0.1) is 11.7 Å². The van der Waals surface area contributed by atoms with Gasteiger partial charge in [-0.1, -0.05) is 12.1 Å². The SMILES string of the molecule is COc1cccc(C(=O)N[C@@H](C(=O)N2CCCC2)C2CCN(C(=O)c3cccc(F)c3)CC2)c1. The molecule has 0 spiro atoms. The molecular weight excluding hydrogens is 437 g/mol. The lowest BCUT2D eigenvalue weighted by atomic mass is 9.88. The van der Waals surface area contributed by atoms with Crippen LogP contribution in [0.4, 0.5) is 4.39 Å². The number of ether oxygens (including phenoxy) is 1. The second kappa shape index (κ2) is 10.7. The lowest BCUT2D eigenvalue weighted by Crippen LogP contribution is -2.54. The highest BCUT2D eigenvalue weighted by molar-refractivity contribution is 5.98. The summed E-state index contributed by atoms with van der Waals surface area (Å²) in [5.41, 5.74) is 0.742. The van der Waals surface area contributed by atoms with E-state index in [0.717, 1.165) is 12.8 Å². The third kappa shape index (κ3) is 5.38. The summed E-state index contributed by atoms with van der Waals surface area (Å²) in [6.45, 7) is 2.28. The first-order chi connectivity index (χ1) is 16.5. The number of carbonyl (C=O) groups is 3. The molecule has 0 unspecified atom stereocenters. The van der Waals surface area contributed by atoms with E-state index in [0.29, 0.717) is 55.9 Å². The van der Waals surface area contributed by atoms with Gasteiger partial charge in [-0.15, -0.1) is 0 Å². The highest BCUT2D eigenvalue weighted by atomic mass is 19.1. The van der Waals surface area contributed by atoms with E-state index >= 15 is 0 Å². The van der Waals surface area contributed by atoms with Crippen molar-refractivity contribution in [3.8, 4) is 5.75 Å². The van der Waals surface area contributed by atoms with Crippen molar-refractivity contribution < 1.29 is 23.5 Å². The van der Waals surface area contributed by atoms with Crippen molar-refractivity contribution in [2.45, 2.75) is 31.7 Å². The van der Waals surface area contributed by atoms with Gasteiger partial charge in [0.15, 0.2) is 0 Å². The molecular formula is C26H30FN3O4. The van der Waals surface area contributed by atoms with Crippen molar-refractivity contribution in [3.05, 3.63) is 65.5 Å². The maximum atomic E-state index is 13.5. The number of methoxy groups -OCH3 is 1. The molecule has 1 N–H and O–H groups in total. The Morgan fingerprint density at radius 1 is 0.941 bits per heavy atom. The summed E-state index contributed by atoms with van der Waals surface area (Å²) in [6.07, 6.45) is 3.07. The molecule has 2 fully saturated rings. The average Bonchev–Trinajstić information content (AvgIpc) is 3.42. The zero-order chi connectivity index (χ0) is 24.1. The molecule has 180 valence electrons. The maximum absolute atomic E-state index is 13.5. The van der Waals surface area contributed by atoms with E-state index in [4.69, 9.17) is 4.74 Å². The number of carbonyl (C=O) groups excluding carboxylic acids is 3. The molecule has 0 bridgehead atoms. The van der Waals surface area contributed by atoms with Gasteiger partial charge in [-0.3, -0.25) is 14.4 Å². The predicted molar refractivity (Wildman–Crippen MR) is 125 cm³/mol. The third-order valence-corrected chi connectivity index (χ3v) is 6.67.